The summed E-state index contributed by atoms with van der Waals surface area (Å²) in [7, 11) is -7.45. The molecule has 0 bridgehead atoms. The number of sulfone groups is 1. The lowest BCUT2D eigenvalue weighted by atomic mass is 9.93. The maximum absolute atomic E-state index is 15.4. The molecular formula is C22H24BrClFN3O5S2. The van der Waals surface area contributed by atoms with Gasteiger partial charge in [0.15, 0.2) is 15.5 Å². The molecule has 190 valence electrons. The van der Waals surface area contributed by atoms with E-state index in [9.17, 15) is 21.6 Å². The van der Waals surface area contributed by atoms with Crippen LogP contribution in [0.1, 0.15) is 19.8 Å². The van der Waals surface area contributed by atoms with Crippen molar-refractivity contribution in [1.82, 2.24) is 14.6 Å². The van der Waals surface area contributed by atoms with E-state index >= 15 is 4.39 Å². The minimum atomic E-state index is -4.06. The number of carbonyl (C=O) groups excluding carboxylic acids is 1. The van der Waals surface area contributed by atoms with Gasteiger partial charge in [0.05, 0.1) is 15.6 Å². The van der Waals surface area contributed by atoms with Crippen LogP contribution in [-0.2, 0) is 24.7 Å². The van der Waals surface area contributed by atoms with Crippen LogP contribution in [0.25, 0.3) is 11.3 Å². The lowest BCUT2D eigenvalue weighted by Crippen LogP contribution is -2.53. The standard InChI is InChI=1S/C22H24BrClFN3O5S2/c1-15(7-13-34(2,30)31)27-21(29)22(25)8-11-28(12-9-22)35(32,33)19-6-5-16(23)14-17(19)20-18(24)4-3-10-26-20/h3-7,10,13-15H,8-9,11-12H2,1-2H3,(H,27,29)/b13-7-/t15-/m1/s1. The molecule has 0 spiro atoms. The first-order valence-corrected chi connectivity index (χ1v) is 15.1. The van der Waals surface area contributed by atoms with E-state index in [0.29, 0.717) is 15.7 Å². The summed E-state index contributed by atoms with van der Waals surface area (Å²) in [4.78, 5) is 16.7. The molecule has 0 aliphatic carbocycles. The minimum Gasteiger partial charge on any atom is -0.347 e. The van der Waals surface area contributed by atoms with Gasteiger partial charge < -0.3 is 5.32 Å². The van der Waals surface area contributed by atoms with Gasteiger partial charge in [0, 0.05) is 59.9 Å². The van der Waals surface area contributed by atoms with Crippen LogP contribution < -0.4 is 5.32 Å². The highest BCUT2D eigenvalue weighted by atomic mass is 79.9. The van der Waals surface area contributed by atoms with Crippen LogP contribution >= 0.6 is 27.5 Å². The van der Waals surface area contributed by atoms with E-state index in [4.69, 9.17) is 11.6 Å². The van der Waals surface area contributed by atoms with Gasteiger partial charge in [-0.3, -0.25) is 9.78 Å². The number of hydrogen-bond acceptors (Lipinski definition) is 6. The number of carbonyl (C=O) groups is 1. The van der Waals surface area contributed by atoms with Gasteiger partial charge >= 0.3 is 0 Å². The predicted molar refractivity (Wildman–Crippen MR) is 136 cm³/mol. The van der Waals surface area contributed by atoms with Crippen molar-refractivity contribution in [3.05, 3.63) is 57.5 Å². The van der Waals surface area contributed by atoms with Crippen molar-refractivity contribution in [2.24, 2.45) is 0 Å². The Hall–Kier alpha value is -1.86. The van der Waals surface area contributed by atoms with E-state index in [-0.39, 0.29) is 35.8 Å². The lowest BCUT2D eigenvalue weighted by molar-refractivity contribution is -0.135. The summed E-state index contributed by atoms with van der Waals surface area (Å²) in [6.07, 6.45) is 3.05. The number of halogens is 3. The number of piperidine rings is 1. The Bertz CT molecular complexity index is 1360. The molecule has 1 fully saturated rings. The van der Waals surface area contributed by atoms with Crippen molar-refractivity contribution >= 4 is 53.3 Å². The average Bonchev–Trinajstić information content (AvgIpc) is 2.77. The van der Waals surface area contributed by atoms with Gasteiger partial charge in [-0.15, -0.1) is 0 Å². The van der Waals surface area contributed by atoms with Crippen molar-refractivity contribution in [1.29, 1.82) is 0 Å². The molecule has 1 N–H and O–H groups in total. The monoisotopic (exact) mass is 607 g/mol. The fraction of sp³-hybridized carbons (Fsp3) is 0.364. The van der Waals surface area contributed by atoms with Crippen LogP contribution in [0.15, 0.2) is 57.4 Å². The second kappa shape index (κ2) is 10.6. The van der Waals surface area contributed by atoms with Crippen LogP contribution in [-0.4, -0.2) is 63.1 Å². The molecule has 0 saturated carbocycles. The van der Waals surface area contributed by atoms with Crippen LogP contribution in [0, 0.1) is 0 Å². The maximum atomic E-state index is 15.4. The Balaban J connectivity index is 1.79. The molecule has 1 atom stereocenters. The van der Waals surface area contributed by atoms with Crippen LogP contribution in [0.3, 0.4) is 0 Å². The van der Waals surface area contributed by atoms with Crippen molar-refractivity contribution in [3.8, 4) is 11.3 Å². The Morgan fingerprint density at radius 2 is 1.91 bits per heavy atom. The molecule has 1 aliphatic rings. The second-order valence-electron chi connectivity index (χ2n) is 8.26. The predicted octanol–water partition coefficient (Wildman–Crippen LogP) is 3.72. The number of benzene rings is 1. The van der Waals surface area contributed by atoms with Crippen LogP contribution in [0.5, 0.6) is 0 Å². The van der Waals surface area contributed by atoms with Crippen LogP contribution in [0.2, 0.25) is 5.02 Å². The smallest absolute Gasteiger partial charge is 0.258 e. The number of pyridine rings is 1. The van der Waals surface area contributed by atoms with Gasteiger partial charge in [0.2, 0.25) is 10.0 Å². The fourth-order valence-electron chi connectivity index (χ4n) is 3.59. The zero-order valence-corrected chi connectivity index (χ0v) is 22.9. The number of alkyl halides is 1. The molecule has 1 aromatic heterocycles. The molecule has 1 saturated heterocycles. The van der Waals surface area contributed by atoms with Crippen molar-refractivity contribution in [2.75, 3.05) is 19.3 Å². The summed E-state index contributed by atoms with van der Waals surface area (Å²) in [5, 5.41) is 3.64. The Kier molecular flexibility index (Phi) is 8.42. The van der Waals surface area contributed by atoms with Gasteiger partial charge in [-0.2, -0.15) is 4.31 Å². The molecule has 1 aromatic carbocycles. The number of rotatable bonds is 7. The number of aromatic nitrogens is 1. The molecule has 2 aromatic rings. The van der Waals surface area contributed by atoms with Crippen LogP contribution in [0.4, 0.5) is 4.39 Å². The molecule has 1 aliphatic heterocycles. The quantitative estimate of drug-likeness (QED) is 0.513. The zero-order valence-electron chi connectivity index (χ0n) is 18.9. The van der Waals surface area contributed by atoms with Crippen molar-refractivity contribution in [3.63, 3.8) is 0 Å². The third-order valence-electron chi connectivity index (χ3n) is 5.47. The number of sulfonamides is 1. The average molecular weight is 609 g/mol. The van der Waals surface area contributed by atoms with Gasteiger partial charge in [-0.25, -0.2) is 21.2 Å². The second-order valence-corrected chi connectivity index (χ2v) is 13.4. The van der Waals surface area contributed by atoms with Gasteiger partial charge in [-0.05, 0) is 37.3 Å². The zero-order chi connectivity index (χ0) is 26.0. The topological polar surface area (TPSA) is 114 Å². The molecule has 8 nitrogen and oxygen atoms in total. The Morgan fingerprint density at radius 3 is 2.51 bits per heavy atom. The van der Waals surface area contributed by atoms with Gasteiger partial charge in [0.1, 0.15) is 0 Å². The highest BCUT2D eigenvalue weighted by molar-refractivity contribution is 9.10. The summed E-state index contributed by atoms with van der Waals surface area (Å²) in [5.41, 5.74) is -1.70. The molecule has 3 rings (SSSR count). The first kappa shape index (κ1) is 27.7. The molecular weight excluding hydrogens is 585 g/mol. The maximum Gasteiger partial charge on any atom is 0.258 e. The van der Waals surface area contributed by atoms with Gasteiger partial charge in [-0.1, -0.05) is 33.6 Å². The van der Waals surface area contributed by atoms with Crippen molar-refractivity contribution < 1.29 is 26.0 Å². The highest BCUT2D eigenvalue weighted by Crippen LogP contribution is 2.36. The van der Waals surface area contributed by atoms with E-state index in [0.717, 1.165) is 16.0 Å². The summed E-state index contributed by atoms with van der Waals surface area (Å²) in [5.74, 6) is -0.912. The number of amides is 1. The summed E-state index contributed by atoms with van der Waals surface area (Å²) >= 11 is 9.60. The Labute approximate surface area is 217 Å². The molecule has 35 heavy (non-hydrogen) atoms. The third-order valence-corrected chi connectivity index (χ3v) is 8.87. The number of nitrogens with zero attached hydrogens (tertiary/aromatic N) is 2. The van der Waals surface area contributed by atoms with E-state index in [2.05, 4.69) is 26.2 Å². The SMILES string of the molecule is C[C@H](/C=C\S(C)(=O)=O)NC(=O)C1(F)CCN(S(=O)(=O)c2ccc(Br)cc2-c2ncccc2Cl)CC1. The van der Waals surface area contributed by atoms with E-state index in [1.54, 1.807) is 24.3 Å². The molecule has 1 amide bonds. The molecule has 0 unspecified atom stereocenters. The molecule has 2 heterocycles. The van der Waals surface area contributed by atoms with E-state index in [1.165, 1.54) is 25.3 Å². The third kappa shape index (κ3) is 6.67. The van der Waals surface area contributed by atoms with E-state index in [1.807, 2.05) is 0 Å². The molecule has 0 radical (unpaired) electrons. The largest absolute Gasteiger partial charge is 0.347 e. The van der Waals surface area contributed by atoms with E-state index < -0.39 is 37.5 Å². The molecule has 13 heteroatoms. The van der Waals surface area contributed by atoms with Crippen molar-refractivity contribution in [2.45, 2.75) is 36.4 Å². The minimum absolute atomic E-state index is 0.0309. The first-order chi connectivity index (χ1) is 16.2. The first-order valence-electron chi connectivity index (χ1n) is 10.5. The number of hydrogen-bond donors (Lipinski definition) is 1. The summed E-state index contributed by atoms with van der Waals surface area (Å²) in [6.45, 7) is 1.08. The summed E-state index contributed by atoms with van der Waals surface area (Å²) < 4.78 is 66.6. The number of nitrogens with one attached hydrogen (secondary N) is 1. The fourth-order valence-corrected chi connectivity index (χ4v) is 6.31. The lowest BCUT2D eigenvalue weighted by Gasteiger charge is -2.35. The normalized spacial score (nSPS) is 17.9. The Morgan fingerprint density at radius 1 is 1.26 bits per heavy atom. The summed E-state index contributed by atoms with van der Waals surface area (Å²) in [6, 6.07) is 7.12. The van der Waals surface area contributed by atoms with Gasteiger partial charge in [0.25, 0.3) is 5.91 Å². The highest BCUT2D eigenvalue weighted by Gasteiger charge is 2.45.